The predicted octanol–water partition coefficient (Wildman–Crippen LogP) is 3.74. The van der Waals surface area contributed by atoms with Gasteiger partial charge in [-0.05, 0) is 48.7 Å². The number of nitro groups is 1. The Bertz CT molecular complexity index is 921. The highest BCUT2D eigenvalue weighted by Gasteiger charge is 2.18. The van der Waals surface area contributed by atoms with E-state index in [0.29, 0.717) is 16.5 Å². The zero-order chi connectivity index (χ0) is 17.1. The molecule has 0 aliphatic heterocycles. The zero-order valence-electron chi connectivity index (χ0n) is 13.4. The van der Waals surface area contributed by atoms with Crippen LogP contribution in [-0.2, 0) is 0 Å². The standard InChI is InChI=1S/C18H16N4O2/c1-21(2)11-9-13-5-7-17-15(18(13)22(23)24)6-8-16(20-17)14-4-3-10-19-12-14/h3-12H,1-2H3/b11-9+. The molecule has 3 aromatic rings. The fourth-order valence-corrected chi connectivity index (χ4v) is 2.45. The molecule has 0 spiro atoms. The SMILES string of the molecule is CN(C)/C=C/c1ccc2nc(-c3cccnc3)ccc2c1[N+](=O)[O-]. The third kappa shape index (κ3) is 3.08. The van der Waals surface area contributed by atoms with Crippen LogP contribution in [-0.4, -0.2) is 33.9 Å². The van der Waals surface area contributed by atoms with Gasteiger partial charge in [-0.2, -0.15) is 0 Å². The van der Waals surface area contributed by atoms with E-state index in [1.165, 1.54) is 0 Å². The van der Waals surface area contributed by atoms with E-state index in [1.807, 2.05) is 31.1 Å². The van der Waals surface area contributed by atoms with Gasteiger partial charge < -0.3 is 4.90 Å². The van der Waals surface area contributed by atoms with Gasteiger partial charge in [-0.25, -0.2) is 4.98 Å². The van der Waals surface area contributed by atoms with E-state index < -0.39 is 0 Å². The van der Waals surface area contributed by atoms with Crippen molar-refractivity contribution >= 4 is 22.7 Å². The van der Waals surface area contributed by atoms with E-state index in [0.717, 1.165) is 11.3 Å². The molecule has 3 rings (SSSR count). The summed E-state index contributed by atoms with van der Waals surface area (Å²) in [6, 6.07) is 10.8. The number of hydrogen-bond donors (Lipinski definition) is 0. The van der Waals surface area contributed by atoms with Gasteiger partial charge in [0.1, 0.15) is 0 Å². The number of aromatic nitrogens is 2. The van der Waals surface area contributed by atoms with Gasteiger partial charge in [0.25, 0.3) is 5.69 Å². The molecule has 0 radical (unpaired) electrons. The van der Waals surface area contributed by atoms with E-state index in [4.69, 9.17) is 0 Å². The van der Waals surface area contributed by atoms with E-state index in [-0.39, 0.29) is 10.6 Å². The van der Waals surface area contributed by atoms with Gasteiger partial charge in [0.05, 0.1) is 27.1 Å². The molecule has 0 fully saturated rings. The molecule has 0 bridgehead atoms. The second-order valence-electron chi connectivity index (χ2n) is 5.54. The molecule has 0 atom stereocenters. The van der Waals surface area contributed by atoms with Crippen LogP contribution in [0.5, 0.6) is 0 Å². The minimum Gasteiger partial charge on any atom is -0.383 e. The average molecular weight is 320 g/mol. The van der Waals surface area contributed by atoms with Crippen molar-refractivity contribution < 1.29 is 4.92 Å². The maximum absolute atomic E-state index is 11.6. The molecule has 0 unspecified atom stereocenters. The number of nitro benzene ring substituents is 1. The van der Waals surface area contributed by atoms with Crippen molar-refractivity contribution in [2.45, 2.75) is 0 Å². The third-order valence-electron chi connectivity index (χ3n) is 3.57. The molecule has 2 heterocycles. The summed E-state index contributed by atoms with van der Waals surface area (Å²) < 4.78 is 0. The molecular weight excluding hydrogens is 304 g/mol. The molecule has 24 heavy (non-hydrogen) atoms. The minimum absolute atomic E-state index is 0.0656. The van der Waals surface area contributed by atoms with Crippen LogP contribution in [0, 0.1) is 10.1 Å². The molecule has 1 aromatic carbocycles. The van der Waals surface area contributed by atoms with E-state index >= 15 is 0 Å². The van der Waals surface area contributed by atoms with E-state index in [2.05, 4.69) is 9.97 Å². The lowest BCUT2D eigenvalue weighted by atomic mass is 10.1. The lowest BCUT2D eigenvalue weighted by Gasteiger charge is -2.07. The first-order valence-electron chi connectivity index (χ1n) is 7.39. The molecule has 0 aliphatic rings. The fraction of sp³-hybridized carbons (Fsp3) is 0.111. The highest BCUT2D eigenvalue weighted by atomic mass is 16.6. The number of rotatable bonds is 4. The highest BCUT2D eigenvalue weighted by Crippen LogP contribution is 2.31. The van der Waals surface area contributed by atoms with E-state index in [1.54, 1.807) is 48.9 Å². The molecule has 0 saturated heterocycles. The van der Waals surface area contributed by atoms with Crippen LogP contribution in [0.3, 0.4) is 0 Å². The van der Waals surface area contributed by atoms with Crippen molar-refractivity contribution in [2.75, 3.05) is 14.1 Å². The Morgan fingerprint density at radius 2 is 2.00 bits per heavy atom. The predicted molar refractivity (Wildman–Crippen MR) is 94.3 cm³/mol. The Kier molecular flexibility index (Phi) is 4.20. The Balaban J connectivity index is 2.16. The van der Waals surface area contributed by atoms with Crippen LogP contribution in [0.4, 0.5) is 5.69 Å². The first-order chi connectivity index (χ1) is 11.6. The molecule has 6 heteroatoms. The van der Waals surface area contributed by atoms with Crippen LogP contribution in [0.2, 0.25) is 0 Å². The van der Waals surface area contributed by atoms with E-state index in [9.17, 15) is 10.1 Å². The number of benzene rings is 1. The highest BCUT2D eigenvalue weighted by molar-refractivity contribution is 5.93. The maximum atomic E-state index is 11.6. The summed E-state index contributed by atoms with van der Waals surface area (Å²) >= 11 is 0. The largest absolute Gasteiger partial charge is 0.383 e. The molecule has 0 aliphatic carbocycles. The van der Waals surface area contributed by atoms with Crippen molar-refractivity contribution in [3.05, 3.63) is 70.7 Å². The minimum atomic E-state index is -0.358. The summed E-state index contributed by atoms with van der Waals surface area (Å²) in [6.07, 6.45) is 6.92. The van der Waals surface area contributed by atoms with Gasteiger partial charge in [-0.3, -0.25) is 15.1 Å². The molecule has 0 N–H and O–H groups in total. The Morgan fingerprint density at radius 1 is 1.17 bits per heavy atom. The molecule has 0 saturated carbocycles. The second kappa shape index (κ2) is 6.45. The smallest absolute Gasteiger partial charge is 0.285 e. The van der Waals surface area contributed by atoms with Gasteiger partial charge in [-0.1, -0.05) is 0 Å². The fourth-order valence-electron chi connectivity index (χ4n) is 2.45. The topological polar surface area (TPSA) is 72.2 Å². The van der Waals surface area contributed by atoms with Crippen LogP contribution in [0.1, 0.15) is 5.56 Å². The molecule has 0 amide bonds. The summed E-state index contributed by atoms with van der Waals surface area (Å²) in [5, 5.41) is 12.1. The van der Waals surface area contributed by atoms with Crippen molar-refractivity contribution in [3.63, 3.8) is 0 Å². The number of nitrogens with zero attached hydrogens (tertiary/aromatic N) is 4. The van der Waals surface area contributed by atoms with Crippen LogP contribution >= 0.6 is 0 Å². The summed E-state index contributed by atoms with van der Waals surface area (Å²) in [5.74, 6) is 0. The third-order valence-corrected chi connectivity index (χ3v) is 3.57. The van der Waals surface area contributed by atoms with Crippen LogP contribution in [0.25, 0.3) is 28.2 Å². The summed E-state index contributed by atoms with van der Waals surface area (Å²) in [6.45, 7) is 0. The van der Waals surface area contributed by atoms with Gasteiger partial charge in [-0.15, -0.1) is 0 Å². The summed E-state index contributed by atoms with van der Waals surface area (Å²) in [7, 11) is 3.73. The Morgan fingerprint density at radius 3 is 2.67 bits per heavy atom. The normalized spacial score (nSPS) is 11.1. The summed E-state index contributed by atoms with van der Waals surface area (Å²) in [5.41, 5.74) is 2.82. The van der Waals surface area contributed by atoms with Gasteiger partial charge >= 0.3 is 0 Å². The first kappa shape index (κ1) is 15.6. The maximum Gasteiger partial charge on any atom is 0.285 e. The van der Waals surface area contributed by atoms with Crippen LogP contribution < -0.4 is 0 Å². The molecule has 2 aromatic heterocycles. The van der Waals surface area contributed by atoms with Crippen molar-refractivity contribution in [3.8, 4) is 11.3 Å². The monoisotopic (exact) mass is 320 g/mol. The Labute approximate surface area is 139 Å². The quantitative estimate of drug-likeness (QED) is 0.541. The molecular formula is C18H16N4O2. The van der Waals surface area contributed by atoms with Crippen molar-refractivity contribution in [1.29, 1.82) is 0 Å². The molecule has 120 valence electrons. The van der Waals surface area contributed by atoms with Crippen molar-refractivity contribution in [2.24, 2.45) is 0 Å². The van der Waals surface area contributed by atoms with Gasteiger partial charge in [0.2, 0.25) is 0 Å². The number of fused-ring (bicyclic) bond motifs is 1. The zero-order valence-corrected chi connectivity index (χ0v) is 13.4. The number of pyridine rings is 2. The lowest BCUT2D eigenvalue weighted by molar-refractivity contribution is -0.383. The van der Waals surface area contributed by atoms with Crippen LogP contribution in [0.15, 0.2) is 55.0 Å². The Hall–Kier alpha value is -3.28. The van der Waals surface area contributed by atoms with Gasteiger partial charge in [0.15, 0.2) is 0 Å². The second-order valence-corrected chi connectivity index (χ2v) is 5.54. The van der Waals surface area contributed by atoms with Gasteiger partial charge in [0, 0.05) is 32.1 Å². The summed E-state index contributed by atoms with van der Waals surface area (Å²) in [4.78, 5) is 21.7. The first-order valence-corrected chi connectivity index (χ1v) is 7.39. The number of hydrogen-bond acceptors (Lipinski definition) is 5. The lowest BCUT2D eigenvalue weighted by Crippen LogP contribution is -2.00. The average Bonchev–Trinajstić information content (AvgIpc) is 2.59. The molecule has 6 nitrogen and oxygen atoms in total. The van der Waals surface area contributed by atoms with Crippen molar-refractivity contribution in [1.82, 2.24) is 14.9 Å².